The normalized spacial score (nSPS) is 21.1. The fourth-order valence-electron chi connectivity index (χ4n) is 7.35. The molecule has 7 N–H and O–H groups in total. The maximum absolute atomic E-state index is 13.8. The minimum atomic E-state index is -1.16. The molecule has 10 nitrogen and oxygen atoms in total. The Hall–Kier alpha value is -5.08. The molecule has 11 heteroatoms. The number of amidine groups is 1. The van der Waals surface area contributed by atoms with E-state index in [1.807, 2.05) is 19.1 Å². The van der Waals surface area contributed by atoms with Crippen LogP contribution in [0, 0.1) is 28.5 Å². The van der Waals surface area contributed by atoms with Crippen LogP contribution in [0.1, 0.15) is 69.2 Å². The molecule has 1 heterocycles. The smallest absolute Gasteiger partial charge is 0.248 e. The van der Waals surface area contributed by atoms with Crippen molar-refractivity contribution in [2.45, 2.75) is 62.6 Å². The molecule has 1 aliphatic heterocycles. The van der Waals surface area contributed by atoms with Crippen LogP contribution in [-0.2, 0) is 23.1 Å². The topological polar surface area (TPSA) is 178 Å². The molecule has 1 saturated heterocycles. The first-order valence-corrected chi connectivity index (χ1v) is 15.4. The highest BCUT2D eigenvalue weighted by atomic mass is 19.1. The van der Waals surface area contributed by atoms with Crippen molar-refractivity contribution in [3.8, 4) is 6.07 Å². The van der Waals surface area contributed by atoms with E-state index in [9.17, 15) is 29.4 Å². The molecule has 3 aromatic carbocycles. The van der Waals surface area contributed by atoms with Gasteiger partial charge in [-0.15, -0.1) is 0 Å². The molecule has 4 atom stereocenters. The molecule has 3 aliphatic rings. The first kappa shape index (κ1) is 30.9. The number of nitrogens with zero attached hydrogens (tertiary/aromatic N) is 2. The highest BCUT2D eigenvalue weighted by Crippen LogP contribution is 2.48. The lowest BCUT2D eigenvalue weighted by atomic mass is 9.67. The number of nitrogens with one attached hydrogen (secondary N) is 3. The van der Waals surface area contributed by atoms with Crippen LogP contribution in [0.15, 0.2) is 60.7 Å². The van der Waals surface area contributed by atoms with Crippen molar-refractivity contribution in [1.29, 1.82) is 10.7 Å². The zero-order chi connectivity index (χ0) is 32.7. The number of nitriles is 1. The van der Waals surface area contributed by atoms with Gasteiger partial charge in [-0.25, -0.2) is 4.39 Å². The number of hydrogen-bond donors (Lipinski definition) is 5. The number of rotatable bonds is 9. The van der Waals surface area contributed by atoms with Crippen molar-refractivity contribution in [3.05, 3.63) is 99.9 Å². The van der Waals surface area contributed by atoms with Gasteiger partial charge in [0.25, 0.3) is 0 Å². The Morgan fingerprint density at radius 2 is 1.59 bits per heavy atom. The molecule has 2 fully saturated rings. The number of primary amides is 2. The van der Waals surface area contributed by atoms with Gasteiger partial charge in [0, 0.05) is 28.9 Å². The molecule has 0 radical (unpaired) electrons. The number of halogens is 1. The van der Waals surface area contributed by atoms with Gasteiger partial charge in [-0.3, -0.25) is 19.8 Å². The van der Waals surface area contributed by atoms with Crippen LogP contribution in [0.25, 0.3) is 0 Å². The van der Waals surface area contributed by atoms with Gasteiger partial charge >= 0.3 is 0 Å². The van der Waals surface area contributed by atoms with E-state index in [-0.39, 0.29) is 30.4 Å². The molecule has 3 amide bonds. The molecule has 1 unspecified atom stereocenters. The Kier molecular flexibility index (Phi) is 8.08. The summed E-state index contributed by atoms with van der Waals surface area (Å²) in [5.41, 5.74) is 14.5. The molecule has 0 spiro atoms. The summed E-state index contributed by atoms with van der Waals surface area (Å²) in [7, 11) is 0. The van der Waals surface area contributed by atoms with Crippen LogP contribution in [-0.4, -0.2) is 53.1 Å². The van der Waals surface area contributed by atoms with E-state index >= 15 is 0 Å². The standard InChI is InChI=1S/C35H36FN7O3/c1-19(41-18-31(44)43-27(17-37)14-24-15-30(24)43)16-35(34(40)42-26-8-6-25(36)7-9-26)28-10-4-22(32(38)45)12-20(28)2-3-21-13-23(33(39)46)5-11-29(21)35/h4-13,19,24,27,30,41H,2-3,14-16,18H2,1H3,(H2,38,45)(H2,39,46)(H2,40,42)/t19-,24-,27?,30+/m1/s1. The summed E-state index contributed by atoms with van der Waals surface area (Å²) in [4.78, 5) is 39.4. The quantitative estimate of drug-likeness (QED) is 0.181. The van der Waals surface area contributed by atoms with Crippen molar-refractivity contribution < 1.29 is 18.8 Å². The predicted octanol–water partition coefficient (Wildman–Crippen LogP) is 3.38. The molecule has 2 aliphatic carbocycles. The number of carbonyl (C=O) groups excluding carboxylic acids is 3. The number of aryl methyl sites for hydroxylation is 2. The third-order valence-electron chi connectivity index (χ3n) is 9.66. The second kappa shape index (κ2) is 12.0. The van der Waals surface area contributed by atoms with E-state index in [1.54, 1.807) is 41.3 Å². The second-order valence-electron chi connectivity index (χ2n) is 12.6. The average molecular weight is 622 g/mol. The van der Waals surface area contributed by atoms with Crippen LogP contribution in [0.5, 0.6) is 0 Å². The first-order chi connectivity index (χ1) is 22.0. The van der Waals surface area contributed by atoms with Gasteiger partial charge in [0.2, 0.25) is 17.7 Å². The monoisotopic (exact) mass is 621 g/mol. The van der Waals surface area contributed by atoms with Gasteiger partial charge in [-0.1, -0.05) is 12.1 Å². The Morgan fingerprint density at radius 3 is 2.13 bits per heavy atom. The maximum Gasteiger partial charge on any atom is 0.248 e. The molecule has 3 aromatic rings. The Labute approximate surface area is 266 Å². The van der Waals surface area contributed by atoms with Crippen molar-refractivity contribution in [3.63, 3.8) is 0 Å². The van der Waals surface area contributed by atoms with Gasteiger partial charge in [-0.2, -0.15) is 5.26 Å². The molecule has 0 aromatic heterocycles. The molecule has 46 heavy (non-hydrogen) atoms. The molecular weight excluding hydrogens is 585 g/mol. The fourth-order valence-corrected chi connectivity index (χ4v) is 7.35. The third kappa shape index (κ3) is 5.61. The first-order valence-electron chi connectivity index (χ1n) is 15.4. The van der Waals surface area contributed by atoms with Crippen molar-refractivity contribution in [2.24, 2.45) is 17.4 Å². The molecular formula is C35H36FN7O3. The number of fused-ring (bicyclic) bond motifs is 3. The van der Waals surface area contributed by atoms with Crippen LogP contribution in [0.2, 0.25) is 0 Å². The van der Waals surface area contributed by atoms with Crippen LogP contribution < -0.4 is 22.1 Å². The number of anilines is 1. The van der Waals surface area contributed by atoms with E-state index in [0.29, 0.717) is 48.4 Å². The summed E-state index contributed by atoms with van der Waals surface area (Å²) in [5.74, 6) is -1.19. The lowest BCUT2D eigenvalue weighted by molar-refractivity contribution is -0.131. The van der Waals surface area contributed by atoms with E-state index in [0.717, 1.165) is 28.7 Å². The van der Waals surface area contributed by atoms with Gasteiger partial charge in [0.05, 0.1) is 18.0 Å². The SMILES string of the molecule is C[C@H](CC1(C(=N)Nc2ccc(F)cc2)c2ccc(C(N)=O)cc2CCc2cc(C(N)=O)ccc21)NCC(=O)N1C(C#N)C[C@@H]2C[C@@H]21. The van der Waals surface area contributed by atoms with Crippen molar-refractivity contribution >= 4 is 29.2 Å². The molecule has 0 bridgehead atoms. The number of amides is 3. The van der Waals surface area contributed by atoms with Crippen LogP contribution in [0.4, 0.5) is 10.1 Å². The minimum Gasteiger partial charge on any atom is -0.366 e. The zero-order valence-electron chi connectivity index (χ0n) is 25.5. The number of piperidine rings is 1. The number of carbonyl (C=O) groups is 3. The largest absolute Gasteiger partial charge is 0.366 e. The third-order valence-corrected chi connectivity index (χ3v) is 9.66. The van der Waals surface area contributed by atoms with Crippen molar-refractivity contribution in [2.75, 3.05) is 11.9 Å². The van der Waals surface area contributed by atoms with Crippen LogP contribution >= 0.6 is 0 Å². The van der Waals surface area contributed by atoms with Gasteiger partial charge < -0.3 is 27.0 Å². The number of nitrogens with two attached hydrogens (primary N) is 2. The summed E-state index contributed by atoms with van der Waals surface area (Å²) in [5, 5.41) is 25.8. The Bertz CT molecular complexity index is 1720. The van der Waals surface area contributed by atoms with E-state index < -0.39 is 29.1 Å². The number of likely N-dealkylation sites (tertiary alicyclic amines) is 1. The van der Waals surface area contributed by atoms with Gasteiger partial charge in [0.1, 0.15) is 17.7 Å². The minimum absolute atomic E-state index is 0.0261. The second-order valence-corrected chi connectivity index (χ2v) is 12.6. The lowest BCUT2D eigenvalue weighted by Crippen LogP contribution is -2.49. The number of benzene rings is 3. The zero-order valence-corrected chi connectivity index (χ0v) is 25.5. The summed E-state index contributed by atoms with van der Waals surface area (Å²) in [6.45, 7) is 1.96. The average Bonchev–Trinajstić information content (AvgIpc) is 3.73. The predicted molar refractivity (Wildman–Crippen MR) is 171 cm³/mol. The number of hydrogen-bond acceptors (Lipinski definition) is 6. The van der Waals surface area contributed by atoms with Crippen LogP contribution in [0.3, 0.4) is 0 Å². The van der Waals surface area contributed by atoms with E-state index in [4.69, 9.17) is 11.5 Å². The lowest BCUT2D eigenvalue weighted by Gasteiger charge is -2.39. The molecule has 1 saturated carbocycles. The highest BCUT2D eigenvalue weighted by molar-refractivity contribution is 6.05. The summed E-state index contributed by atoms with van der Waals surface area (Å²) in [6.07, 6.45) is 2.96. The summed E-state index contributed by atoms with van der Waals surface area (Å²) >= 11 is 0. The molecule has 6 rings (SSSR count). The van der Waals surface area contributed by atoms with Crippen molar-refractivity contribution in [1.82, 2.24) is 10.2 Å². The Morgan fingerprint density at radius 1 is 1.00 bits per heavy atom. The van der Waals surface area contributed by atoms with Gasteiger partial charge in [0.15, 0.2) is 0 Å². The molecule has 236 valence electrons. The van der Waals surface area contributed by atoms with E-state index in [1.165, 1.54) is 12.1 Å². The van der Waals surface area contributed by atoms with Gasteiger partial charge in [-0.05, 0) is 116 Å². The Balaban J connectivity index is 1.43. The summed E-state index contributed by atoms with van der Waals surface area (Å²) in [6, 6.07) is 17.8. The van der Waals surface area contributed by atoms with E-state index in [2.05, 4.69) is 16.7 Å². The summed E-state index contributed by atoms with van der Waals surface area (Å²) < 4.78 is 13.8. The maximum atomic E-state index is 13.8. The fraction of sp³-hybridized carbons (Fsp3) is 0.343. The highest BCUT2D eigenvalue weighted by Gasteiger charge is 2.54.